The molecule has 2 heterocycles. The molecule has 0 aromatic heterocycles. The average Bonchev–Trinajstić information content (AvgIpc) is 3.23. The Morgan fingerprint density at radius 2 is 2.13 bits per heavy atom. The second-order valence-electron chi connectivity index (χ2n) is 6.10. The lowest BCUT2D eigenvalue weighted by molar-refractivity contribution is -0.133. The molecule has 2 aliphatic rings. The highest BCUT2D eigenvalue weighted by Gasteiger charge is 2.38. The predicted octanol–water partition coefficient (Wildman–Crippen LogP) is 1.34. The molecule has 0 spiro atoms. The van der Waals surface area contributed by atoms with Crippen molar-refractivity contribution in [2.45, 2.75) is 37.3 Å². The van der Waals surface area contributed by atoms with Crippen LogP contribution >= 0.6 is 0 Å². The summed E-state index contributed by atoms with van der Waals surface area (Å²) in [6.45, 7) is 1.21. The number of carbonyl (C=O) groups excluding carboxylic acids is 1. The fourth-order valence-corrected chi connectivity index (χ4v) is 3.57. The summed E-state index contributed by atoms with van der Waals surface area (Å²) in [5, 5.41) is 21.6. The fourth-order valence-electron chi connectivity index (χ4n) is 3.57. The van der Waals surface area contributed by atoms with Gasteiger partial charge in [0.1, 0.15) is 6.04 Å². The van der Waals surface area contributed by atoms with Crippen molar-refractivity contribution in [2.24, 2.45) is 0 Å². The fraction of sp³-hybridized carbons (Fsp3) is 0.471. The van der Waals surface area contributed by atoms with Gasteiger partial charge in [-0.25, -0.2) is 4.79 Å². The van der Waals surface area contributed by atoms with E-state index < -0.39 is 5.97 Å². The normalized spacial score (nSPS) is 26.9. The van der Waals surface area contributed by atoms with Crippen molar-refractivity contribution in [3.8, 4) is 6.07 Å². The number of rotatable bonds is 3. The maximum Gasteiger partial charge on any atom is 0.335 e. The van der Waals surface area contributed by atoms with Crippen LogP contribution in [0.1, 0.15) is 41.1 Å². The number of nitriles is 1. The lowest BCUT2D eigenvalue weighted by Crippen LogP contribution is -2.45. The molecule has 3 atom stereocenters. The number of carboxylic acid groups (broad SMARTS) is 1. The Bertz CT molecular complexity index is 667. The standard InChI is InChI=1S/C17H19N3O3/c18-9-12-4-3-7-20(12)16(21)15-8-11(10-19-15)13-5-1-2-6-14(13)17(22)23/h1-2,5-6,11-12,15,19H,3-4,7-8,10H2,(H,22,23)/t11-,12-,15-/m0/s1. The molecule has 0 aliphatic carbocycles. The molecular weight excluding hydrogens is 294 g/mol. The first-order valence-corrected chi connectivity index (χ1v) is 7.87. The van der Waals surface area contributed by atoms with Crippen LogP contribution in [0.4, 0.5) is 0 Å². The molecule has 2 saturated heterocycles. The van der Waals surface area contributed by atoms with E-state index in [-0.39, 0.29) is 23.9 Å². The Balaban J connectivity index is 1.73. The van der Waals surface area contributed by atoms with Crippen molar-refractivity contribution in [3.63, 3.8) is 0 Å². The minimum Gasteiger partial charge on any atom is -0.478 e. The number of nitrogens with zero attached hydrogens (tertiary/aromatic N) is 2. The predicted molar refractivity (Wildman–Crippen MR) is 82.9 cm³/mol. The molecule has 2 N–H and O–H groups in total. The molecule has 1 aromatic rings. The molecular formula is C17H19N3O3. The van der Waals surface area contributed by atoms with E-state index in [0.717, 1.165) is 18.4 Å². The van der Waals surface area contributed by atoms with E-state index in [2.05, 4.69) is 11.4 Å². The zero-order valence-corrected chi connectivity index (χ0v) is 12.7. The van der Waals surface area contributed by atoms with E-state index in [1.807, 2.05) is 12.1 Å². The second-order valence-corrected chi connectivity index (χ2v) is 6.10. The number of carboxylic acids is 1. The van der Waals surface area contributed by atoms with E-state index in [1.165, 1.54) is 0 Å². The maximum atomic E-state index is 12.6. The molecule has 6 nitrogen and oxygen atoms in total. The van der Waals surface area contributed by atoms with Gasteiger partial charge < -0.3 is 15.3 Å². The van der Waals surface area contributed by atoms with Crippen LogP contribution in [0.25, 0.3) is 0 Å². The highest BCUT2D eigenvalue weighted by Crippen LogP contribution is 2.30. The number of hydrogen-bond donors (Lipinski definition) is 2. The van der Waals surface area contributed by atoms with Gasteiger partial charge in [-0.1, -0.05) is 18.2 Å². The van der Waals surface area contributed by atoms with Gasteiger partial charge in [0.2, 0.25) is 5.91 Å². The topological polar surface area (TPSA) is 93.4 Å². The van der Waals surface area contributed by atoms with Gasteiger partial charge >= 0.3 is 5.97 Å². The molecule has 3 rings (SSSR count). The third-order valence-electron chi connectivity index (χ3n) is 4.74. The van der Waals surface area contributed by atoms with E-state index in [0.29, 0.717) is 25.1 Å². The number of benzene rings is 1. The van der Waals surface area contributed by atoms with E-state index in [9.17, 15) is 14.7 Å². The first-order valence-electron chi connectivity index (χ1n) is 7.87. The third-order valence-corrected chi connectivity index (χ3v) is 4.74. The highest BCUT2D eigenvalue weighted by molar-refractivity contribution is 5.90. The summed E-state index contributed by atoms with van der Waals surface area (Å²) in [6, 6.07) is 8.47. The molecule has 2 fully saturated rings. The molecule has 0 radical (unpaired) electrons. The Labute approximate surface area is 134 Å². The lowest BCUT2D eigenvalue weighted by Gasteiger charge is -2.23. The van der Waals surface area contributed by atoms with Crippen LogP contribution in [-0.2, 0) is 4.79 Å². The van der Waals surface area contributed by atoms with Crippen molar-refractivity contribution >= 4 is 11.9 Å². The van der Waals surface area contributed by atoms with Gasteiger partial charge in [-0.2, -0.15) is 5.26 Å². The number of hydrogen-bond acceptors (Lipinski definition) is 4. The van der Waals surface area contributed by atoms with Crippen LogP contribution in [-0.4, -0.2) is 47.1 Å². The molecule has 0 unspecified atom stereocenters. The number of aromatic carboxylic acids is 1. The smallest absolute Gasteiger partial charge is 0.335 e. The molecule has 120 valence electrons. The van der Waals surface area contributed by atoms with Gasteiger partial charge in [-0.3, -0.25) is 4.79 Å². The largest absolute Gasteiger partial charge is 0.478 e. The molecule has 1 amide bonds. The van der Waals surface area contributed by atoms with Crippen LogP contribution < -0.4 is 5.32 Å². The zero-order valence-electron chi connectivity index (χ0n) is 12.7. The van der Waals surface area contributed by atoms with Crippen LogP contribution in [0.5, 0.6) is 0 Å². The van der Waals surface area contributed by atoms with Gasteiger partial charge in [-0.05, 0) is 36.8 Å². The van der Waals surface area contributed by atoms with Crippen LogP contribution in [0, 0.1) is 11.3 Å². The van der Waals surface area contributed by atoms with Crippen molar-refractivity contribution in [1.82, 2.24) is 10.2 Å². The second kappa shape index (κ2) is 6.39. The maximum absolute atomic E-state index is 12.6. The summed E-state index contributed by atoms with van der Waals surface area (Å²) in [5.41, 5.74) is 1.06. The lowest BCUT2D eigenvalue weighted by atomic mass is 9.92. The van der Waals surface area contributed by atoms with Crippen molar-refractivity contribution < 1.29 is 14.7 Å². The van der Waals surface area contributed by atoms with E-state index >= 15 is 0 Å². The zero-order chi connectivity index (χ0) is 16.4. The Morgan fingerprint density at radius 1 is 1.35 bits per heavy atom. The number of carbonyl (C=O) groups is 2. The summed E-state index contributed by atoms with van der Waals surface area (Å²) >= 11 is 0. The quantitative estimate of drug-likeness (QED) is 0.878. The molecule has 0 saturated carbocycles. The van der Waals surface area contributed by atoms with Gasteiger partial charge in [0.05, 0.1) is 17.7 Å². The molecule has 0 bridgehead atoms. The third kappa shape index (κ3) is 2.92. The van der Waals surface area contributed by atoms with E-state index in [4.69, 9.17) is 5.26 Å². The monoisotopic (exact) mass is 313 g/mol. The Kier molecular flexibility index (Phi) is 4.30. The molecule has 23 heavy (non-hydrogen) atoms. The number of nitrogens with one attached hydrogen (secondary N) is 1. The van der Waals surface area contributed by atoms with E-state index in [1.54, 1.807) is 17.0 Å². The minimum absolute atomic E-state index is 0.000566. The molecule has 6 heteroatoms. The highest BCUT2D eigenvalue weighted by atomic mass is 16.4. The van der Waals surface area contributed by atoms with Crippen LogP contribution in [0.2, 0.25) is 0 Å². The van der Waals surface area contributed by atoms with Crippen LogP contribution in [0.3, 0.4) is 0 Å². The molecule has 2 aliphatic heterocycles. The first-order chi connectivity index (χ1) is 11.1. The summed E-state index contributed by atoms with van der Waals surface area (Å²) in [7, 11) is 0. The SMILES string of the molecule is N#C[C@@H]1CCCN1C(=O)[C@@H]1C[C@H](c2ccccc2C(=O)O)CN1. The van der Waals surface area contributed by atoms with Crippen LogP contribution in [0.15, 0.2) is 24.3 Å². The van der Waals surface area contributed by atoms with Crippen molar-refractivity contribution in [1.29, 1.82) is 5.26 Å². The van der Waals surface area contributed by atoms with Gasteiger partial charge in [0.25, 0.3) is 0 Å². The van der Waals surface area contributed by atoms with Crippen molar-refractivity contribution in [3.05, 3.63) is 35.4 Å². The van der Waals surface area contributed by atoms with Crippen molar-refractivity contribution in [2.75, 3.05) is 13.1 Å². The minimum atomic E-state index is -0.945. The first kappa shape index (κ1) is 15.5. The van der Waals surface area contributed by atoms with Gasteiger partial charge in [-0.15, -0.1) is 0 Å². The summed E-state index contributed by atoms with van der Waals surface area (Å²) in [5.74, 6) is -0.983. The molecule has 1 aromatic carbocycles. The van der Waals surface area contributed by atoms with Gasteiger partial charge in [0.15, 0.2) is 0 Å². The Hall–Kier alpha value is -2.39. The number of likely N-dealkylation sites (tertiary alicyclic amines) is 1. The average molecular weight is 313 g/mol. The number of amides is 1. The summed E-state index contributed by atoms with van der Waals surface area (Å²) < 4.78 is 0. The summed E-state index contributed by atoms with van der Waals surface area (Å²) in [4.78, 5) is 25.6. The van der Waals surface area contributed by atoms with Gasteiger partial charge in [0, 0.05) is 13.1 Å². The summed E-state index contributed by atoms with van der Waals surface area (Å²) in [6.07, 6.45) is 2.17. The Morgan fingerprint density at radius 3 is 2.87 bits per heavy atom.